The molecule has 0 spiro atoms. The number of carbonyl (C=O) groups excluding carboxylic acids is 1. The molecule has 0 unspecified atom stereocenters. The first-order valence-corrected chi connectivity index (χ1v) is 7.05. The molecule has 0 aromatic heterocycles. The monoisotopic (exact) mass is 270 g/mol. The Labute approximate surface area is 113 Å². The van der Waals surface area contributed by atoms with E-state index in [2.05, 4.69) is 0 Å². The van der Waals surface area contributed by atoms with Crippen LogP contribution in [0.1, 0.15) is 51.4 Å². The quantitative estimate of drug-likeness (QED) is 0.460. The van der Waals surface area contributed by atoms with Gasteiger partial charge in [0.25, 0.3) is 6.47 Å². The second-order valence-electron chi connectivity index (χ2n) is 5.80. The lowest BCUT2D eigenvalue weighted by atomic mass is 10.0. The van der Waals surface area contributed by atoms with Crippen LogP contribution < -0.4 is 0 Å². The molecule has 0 aliphatic heterocycles. The van der Waals surface area contributed by atoms with Crippen LogP contribution in [-0.2, 0) is 19.1 Å². The third-order valence-electron chi connectivity index (χ3n) is 4.31. The highest BCUT2D eigenvalue weighted by molar-refractivity contribution is 5.77. The van der Waals surface area contributed by atoms with Crippen LogP contribution in [0.25, 0.3) is 0 Å². The van der Waals surface area contributed by atoms with Crippen molar-refractivity contribution >= 4 is 12.4 Å². The number of hydrogen-bond acceptors (Lipinski definition) is 4. The Morgan fingerprint density at radius 3 is 2.37 bits per heavy atom. The molecule has 0 saturated heterocycles. The molecule has 108 valence electrons. The highest BCUT2D eigenvalue weighted by Gasteiger charge is 2.49. The summed E-state index contributed by atoms with van der Waals surface area (Å²) in [5, 5.41) is 8.99. The molecular formula is C14H22O5. The van der Waals surface area contributed by atoms with Crippen LogP contribution in [0.3, 0.4) is 0 Å². The molecule has 2 saturated carbocycles. The van der Waals surface area contributed by atoms with Crippen LogP contribution in [-0.4, -0.2) is 36.4 Å². The highest BCUT2D eigenvalue weighted by Crippen LogP contribution is 2.49. The molecule has 5 nitrogen and oxygen atoms in total. The fraction of sp³-hybridized carbons (Fsp3) is 0.857. The second-order valence-corrected chi connectivity index (χ2v) is 5.80. The zero-order valence-electron chi connectivity index (χ0n) is 11.2. The third kappa shape index (κ3) is 3.93. The lowest BCUT2D eigenvalue weighted by Crippen LogP contribution is -2.17. The van der Waals surface area contributed by atoms with Gasteiger partial charge in [0, 0.05) is 13.2 Å². The van der Waals surface area contributed by atoms with E-state index < -0.39 is 11.4 Å². The number of carbonyl (C=O) groups is 2. The van der Waals surface area contributed by atoms with Gasteiger partial charge < -0.3 is 14.6 Å². The van der Waals surface area contributed by atoms with Gasteiger partial charge in [-0.1, -0.05) is 0 Å². The molecule has 2 rings (SSSR count). The maximum atomic E-state index is 10.9. The number of carboxylic acid groups (broad SMARTS) is 1. The molecule has 0 heterocycles. The highest BCUT2D eigenvalue weighted by atomic mass is 16.5. The lowest BCUT2D eigenvalue weighted by molar-refractivity contribution is -0.144. The van der Waals surface area contributed by atoms with E-state index in [1.54, 1.807) is 0 Å². The van der Waals surface area contributed by atoms with Crippen LogP contribution in [0, 0.1) is 5.41 Å². The average molecular weight is 270 g/mol. The second kappa shape index (κ2) is 5.90. The van der Waals surface area contributed by atoms with Gasteiger partial charge in [-0.3, -0.25) is 9.59 Å². The van der Waals surface area contributed by atoms with Crippen LogP contribution in [0.15, 0.2) is 0 Å². The molecule has 0 aromatic rings. The fourth-order valence-corrected chi connectivity index (χ4v) is 2.41. The Hall–Kier alpha value is -1.10. The molecule has 0 amide bonds. The molecule has 2 aliphatic carbocycles. The predicted molar refractivity (Wildman–Crippen MR) is 67.7 cm³/mol. The summed E-state index contributed by atoms with van der Waals surface area (Å²) in [5.74, 6) is -0.683. The van der Waals surface area contributed by atoms with Crippen molar-refractivity contribution in [1.29, 1.82) is 0 Å². The number of carboxylic acids is 1. The minimum absolute atomic E-state index is 0.164. The van der Waals surface area contributed by atoms with Gasteiger partial charge in [0.1, 0.15) is 5.60 Å². The maximum Gasteiger partial charge on any atom is 0.309 e. The van der Waals surface area contributed by atoms with Gasteiger partial charge >= 0.3 is 5.97 Å². The predicted octanol–water partition coefficient (Wildman–Crippen LogP) is 2.13. The van der Waals surface area contributed by atoms with Gasteiger partial charge in [-0.2, -0.15) is 0 Å². The average Bonchev–Trinajstić information content (AvgIpc) is 3.25. The Kier molecular flexibility index (Phi) is 4.45. The van der Waals surface area contributed by atoms with Crippen molar-refractivity contribution in [2.24, 2.45) is 5.41 Å². The molecule has 0 atom stereocenters. The van der Waals surface area contributed by atoms with Crippen LogP contribution in [0.4, 0.5) is 0 Å². The molecule has 19 heavy (non-hydrogen) atoms. The van der Waals surface area contributed by atoms with Crippen molar-refractivity contribution in [3.63, 3.8) is 0 Å². The number of hydrogen-bond donors (Lipinski definition) is 1. The standard InChI is InChI=1S/C14H22O5/c15-11-19-14(6-7-14)3-1-2-9-18-10-8-13(4-5-13)12(16)17/h11H,1-10H2,(H,16,17). The fourth-order valence-electron chi connectivity index (χ4n) is 2.41. The van der Waals surface area contributed by atoms with Gasteiger partial charge in [0.15, 0.2) is 0 Å². The largest absolute Gasteiger partial charge is 0.481 e. The summed E-state index contributed by atoms with van der Waals surface area (Å²) in [5.41, 5.74) is -0.640. The first-order chi connectivity index (χ1) is 9.13. The minimum atomic E-state index is -0.683. The van der Waals surface area contributed by atoms with Gasteiger partial charge in [-0.05, 0) is 51.4 Å². The zero-order chi connectivity index (χ0) is 13.8. The van der Waals surface area contributed by atoms with E-state index in [1.807, 2.05) is 0 Å². The van der Waals surface area contributed by atoms with E-state index in [0.717, 1.165) is 44.9 Å². The Bertz CT molecular complexity index is 331. The number of aliphatic carboxylic acids is 1. The van der Waals surface area contributed by atoms with Crippen molar-refractivity contribution in [3.8, 4) is 0 Å². The van der Waals surface area contributed by atoms with E-state index in [9.17, 15) is 9.59 Å². The van der Waals surface area contributed by atoms with Crippen LogP contribution >= 0.6 is 0 Å². The molecule has 0 radical (unpaired) electrons. The van der Waals surface area contributed by atoms with Gasteiger partial charge in [0.05, 0.1) is 5.41 Å². The van der Waals surface area contributed by atoms with Gasteiger partial charge in [-0.15, -0.1) is 0 Å². The number of rotatable bonds is 11. The molecule has 5 heteroatoms. The molecule has 2 fully saturated rings. The van der Waals surface area contributed by atoms with E-state index in [0.29, 0.717) is 26.1 Å². The molecule has 1 N–H and O–H groups in total. The molecule has 0 aromatic carbocycles. The summed E-state index contributed by atoms with van der Waals surface area (Å²) < 4.78 is 10.5. The van der Waals surface area contributed by atoms with Gasteiger partial charge in [-0.25, -0.2) is 0 Å². The van der Waals surface area contributed by atoms with Crippen molar-refractivity contribution in [2.45, 2.75) is 57.0 Å². The van der Waals surface area contributed by atoms with E-state index in [1.165, 1.54) is 0 Å². The Morgan fingerprint density at radius 1 is 1.11 bits per heavy atom. The molecular weight excluding hydrogens is 248 g/mol. The summed E-state index contributed by atoms with van der Waals surface area (Å²) in [6, 6.07) is 0. The smallest absolute Gasteiger partial charge is 0.309 e. The SMILES string of the molecule is O=COC1(CCCCOCCC2(C(=O)O)CC2)CC1. The van der Waals surface area contributed by atoms with Crippen LogP contribution in [0.2, 0.25) is 0 Å². The number of unbranched alkanes of at least 4 members (excludes halogenated alkanes) is 1. The van der Waals surface area contributed by atoms with E-state index >= 15 is 0 Å². The zero-order valence-corrected chi connectivity index (χ0v) is 11.2. The molecule has 2 aliphatic rings. The molecule has 0 bridgehead atoms. The lowest BCUT2D eigenvalue weighted by Gasteiger charge is -2.13. The Morgan fingerprint density at radius 2 is 1.84 bits per heavy atom. The normalized spacial score (nSPS) is 21.7. The van der Waals surface area contributed by atoms with E-state index in [-0.39, 0.29) is 5.60 Å². The van der Waals surface area contributed by atoms with Crippen molar-refractivity contribution in [3.05, 3.63) is 0 Å². The number of ether oxygens (including phenoxy) is 2. The summed E-state index contributed by atoms with van der Waals surface area (Å²) in [7, 11) is 0. The first kappa shape index (κ1) is 14.3. The van der Waals surface area contributed by atoms with Crippen molar-refractivity contribution < 1.29 is 24.2 Å². The summed E-state index contributed by atoms with van der Waals surface area (Å²) in [4.78, 5) is 21.2. The van der Waals surface area contributed by atoms with Crippen molar-refractivity contribution in [1.82, 2.24) is 0 Å². The summed E-state index contributed by atoms with van der Waals surface area (Å²) >= 11 is 0. The topological polar surface area (TPSA) is 72.8 Å². The third-order valence-corrected chi connectivity index (χ3v) is 4.31. The van der Waals surface area contributed by atoms with E-state index in [4.69, 9.17) is 14.6 Å². The summed E-state index contributed by atoms with van der Waals surface area (Å²) in [6.07, 6.45) is 6.99. The summed E-state index contributed by atoms with van der Waals surface area (Å²) in [6.45, 7) is 1.74. The van der Waals surface area contributed by atoms with Gasteiger partial charge in [0.2, 0.25) is 0 Å². The minimum Gasteiger partial charge on any atom is -0.481 e. The van der Waals surface area contributed by atoms with Crippen molar-refractivity contribution in [2.75, 3.05) is 13.2 Å². The maximum absolute atomic E-state index is 10.9. The van der Waals surface area contributed by atoms with Crippen LogP contribution in [0.5, 0.6) is 0 Å². The first-order valence-electron chi connectivity index (χ1n) is 7.05. The Balaban J connectivity index is 1.45.